The SMILES string of the molecule is CCOc1c(/C=C2\SC(=S)N(c3ccc(C)cc3)C2=O)cccc1OC. The number of rotatable bonds is 5. The number of methoxy groups -OCH3 is 1. The Balaban J connectivity index is 1.97. The van der Waals surface area contributed by atoms with Crippen LogP contribution in [0, 0.1) is 6.92 Å². The summed E-state index contributed by atoms with van der Waals surface area (Å²) in [6, 6.07) is 13.3. The van der Waals surface area contributed by atoms with E-state index in [1.54, 1.807) is 18.1 Å². The third kappa shape index (κ3) is 3.61. The number of aryl methyl sites for hydroxylation is 1. The van der Waals surface area contributed by atoms with Gasteiger partial charge in [-0.1, -0.05) is 53.8 Å². The number of benzene rings is 2. The number of ether oxygens (including phenoxy) is 2. The van der Waals surface area contributed by atoms with E-state index in [1.165, 1.54) is 11.8 Å². The normalized spacial score (nSPS) is 15.7. The van der Waals surface area contributed by atoms with Crippen LogP contribution in [0.2, 0.25) is 0 Å². The molecule has 4 nitrogen and oxygen atoms in total. The number of hydrogen-bond donors (Lipinski definition) is 0. The zero-order valence-corrected chi connectivity index (χ0v) is 16.4. The minimum atomic E-state index is -0.130. The molecule has 0 bridgehead atoms. The van der Waals surface area contributed by atoms with Gasteiger partial charge in [0.2, 0.25) is 0 Å². The first-order valence-corrected chi connectivity index (χ1v) is 9.42. The van der Waals surface area contributed by atoms with Crippen LogP contribution in [0.25, 0.3) is 6.08 Å². The first-order valence-electron chi connectivity index (χ1n) is 8.19. The first kappa shape index (κ1) is 18.5. The van der Waals surface area contributed by atoms with Crippen molar-refractivity contribution in [3.05, 3.63) is 58.5 Å². The van der Waals surface area contributed by atoms with Crippen LogP contribution in [0.4, 0.5) is 5.69 Å². The summed E-state index contributed by atoms with van der Waals surface area (Å²) in [5.41, 5.74) is 2.69. The second kappa shape index (κ2) is 7.93. The molecule has 1 amide bonds. The van der Waals surface area contributed by atoms with E-state index in [-0.39, 0.29) is 5.91 Å². The number of hydrogen-bond acceptors (Lipinski definition) is 5. The number of carbonyl (C=O) groups is 1. The molecule has 1 aliphatic rings. The molecule has 0 aromatic heterocycles. The van der Waals surface area contributed by atoms with Crippen molar-refractivity contribution in [1.82, 2.24) is 0 Å². The predicted octanol–water partition coefficient (Wildman–Crippen LogP) is 4.81. The first-order chi connectivity index (χ1) is 12.5. The maximum absolute atomic E-state index is 12.9. The Bertz CT molecular complexity index is 875. The van der Waals surface area contributed by atoms with Crippen LogP contribution in [0.5, 0.6) is 11.5 Å². The molecule has 0 radical (unpaired) electrons. The van der Waals surface area contributed by atoms with Crippen molar-refractivity contribution >= 4 is 46.0 Å². The van der Waals surface area contributed by atoms with Crippen molar-refractivity contribution in [2.45, 2.75) is 13.8 Å². The van der Waals surface area contributed by atoms with Crippen molar-refractivity contribution in [2.75, 3.05) is 18.6 Å². The number of thiocarbonyl (C=S) groups is 1. The van der Waals surface area contributed by atoms with Crippen molar-refractivity contribution in [3.63, 3.8) is 0 Å². The molecular formula is C20H19NO3S2. The summed E-state index contributed by atoms with van der Waals surface area (Å²) >= 11 is 6.72. The summed E-state index contributed by atoms with van der Waals surface area (Å²) in [6.07, 6.45) is 1.81. The van der Waals surface area contributed by atoms with Gasteiger partial charge in [-0.3, -0.25) is 9.69 Å². The van der Waals surface area contributed by atoms with Gasteiger partial charge in [0, 0.05) is 5.56 Å². The average molecular weight is 386 g/mol. The van der Waals surface area contributed by atoms with E-state index in [4.69, 9.17) is 21.7 Å². The Morgan fingerprint density at radius 1 is 1.19 bits per heavy atom. The number of nitrogens with zero attached hydrogens (tertiary/aromatic N) is 1. The molecule has 3 rings (SSSR count). The zero-order valence-electron chi connectivity index (χ0n) is 14.8. The molecule has 26 heavy (non-hydrogen) atoms. The third-order valence-electron chi connectivity index (χ3n) is 3.89. The summed E-state index contributed by atoms with van der Waals surface area (Å²) < 4.78 is 11.6. The highest BCUT2D eigenvalue weighted by molar-refractivity contribution is 8.27. The fourth-order valence-corrected chi connectivity index (χ4v) is 3.92. The minimum absolute atomic E-state index is 0.130. The smallest absolute Gasteiger partial charge is 0.270 e. The van der Waals surface area contributed by atoms with Crippen LogP contribution in [0.3, 0.4) is 0 Å². The van der Waals surface area contributed by atoms with E-state index in [0.29, 0.717) is 27.3 Å². The van der Waals surface area contributed by atoms with Gasteiger partial charge >= 0.3 is 0 Å². The molecule has 6 heteroatoms. The molecule has 134 valence electrons. The Kier molecular flexibility index (Phi) is 5.64. The van der Waals surface area contributed by atoms with Crippen LogP contribution in [0.1, 0.15) is 18.1 Å². The van der Waals surface area contributed by atoms with E-state index >= 15 is 0 Å². The fraction of sp³-hybridized carbons (Fsp3) is 0.200. The number of thioether (sulfide) groups is 1. The van der Waals surface area contributed by atoms with Gasteiger partial charge in [0.15, 0.2) is 15.8 Å². The van der Waals surface area contributed by atoms with E-state index in [0.717, 1.165) is 16.8 Å². The van der Waals surface area contributed by atoms with Gasteiger partial charge in [0.05, 0.1) is 24.3 Å². The molecule has 0 spiro atoms. The molecule has 0 atom stereocenters. The Morgan fingerprint density at radius 3 is 2.58 bits per heavy atom. The molecule has 1 heterocycles. The molecule has 2 aromatic rings. The Hall–Kier alpha value is -2.31. The monoisotopic (exact) mass is 385 g/mol. The Labute approximate surface area is 162 Å². The zero-order chi connectivity index (χ0) is 18.7. The highest BCUT2D eigenvalue weighted by atomic mass is 32.2. The molecule has 0 saturated carbocycles. The lowest BCUT2D eigenvalue weighted by atomic mass is 10.1. The lowest BCUT2D eigenvalue weighted by Gasteiger charge is -2.14. The van der Waals surface area contributed by atoms with Gasteiger partial charge in [0.1, 0.15) is 0 Å². The van der Waals surface area contributed by atoms with Crippen LogP contribution in [-0.2, 0) is 4.79 Å². The van der Waals surface area contributed by atoms with E-state index in [2.05, 4.69) is 0 Å². The van der Waals surface area contributed by atoms with Crippen molar-refractivity contribution < 1.29 is 14.3 Å². The predicted molar refractivity (Wildman–Crippen MR) is 111 cm³/mol. The second-order valence-corrected chi connectivity index (χ2v) is 7.34. The maximum atomic E-state index is 12.9. The molecule has 1 fully saturated rings. The van der Waals surface area contributed by atoms with Gasteiger partial charge in [-0.25, -0.2) is 0 Å². The van der Waals surface area contributed by atoms with Gasteiger partial charge in [-0.2, -0.15) is 0 Å². The minimum Gasteiger partial charge on any atom is -0.493 e. The largest absolute Gasteiger partial charge is 0.493 e. The summed E-state index contributed by atoms with van der Waals surface area (Å²) in [7, 11) is 1.60. The van der Waals surface area contributed by atoms with Crippen molar-refractivity contribution in [1.29, 1.82) is 0 Å². The maximum Gasteiger partial charge on any atom is 0.270 e. The van der Waals surface area contributed by atoms with E-state index in [9.17, 15) is 4.79 Å². The lowest BCUT2D eigenvalue weighted by Crippen LogP contribution is -2.27. The van der Waals surface area contributed by atoms with Crippen LogP contribution in [0.15, 0.2) is 47.4 Å². The van der Waals surface area contributed by atoms with Crippen LogP contribution in [-0.4, -0.2) is 23.9 Å². The quantitative estimate of drug-likeness (QED) is 0.546. The van der Waals surface area contributed by atoms with Crippen molar-refractivity contribution in [3.8, 4) is 11.5 Å². The number of carbonyl (C=O) groups excluding carboxylic acids is 1. The van der Waals surface area contributed by atoms with Crippen LogP contribution < -0.4 is 14.4 Å². The molecule has 1 saturated heterocycles. The summed E-state index contributed by atoms with van der Waals surface area (Å²) in [6.45, 7) is 4.42. The molecule has 0 aliphatic carbocycles. The van der Waals surface area contributed by atoms with Gasteiger partial charge in [0.25, 0.3) is 5.91 Å². The number of anilines is 1. The van der Waals surface area contributed by atoms with E-state index in [1.807, 2.05) is 56.3 Å². The topological polar surface area (TPSA) is 38.8 Å². The highest BCUT2D eigenvalue weighted by Crippen LogP contribution is 2.39. The molecule has 0 N–H and O–H groups in total. The van der Waals surface area contributed by atoms with Crippen molar-refractivity contribution in [2.24, 2.45) is 0 Å². The number of amides is 1. The molecule has 0 unspecified atom stereocenters. The van der Waals surface area contributed by atoms with Crippen LogP contribution >= 0.6 is 24.0 Å². The Morgan fingerprint density at radius 2 is 1.92 bits per heavy atom. The summed E-state index contributed by atoms with van der Waals surface area (Å²) in [5, 5.41) is 0. The highest BCUT2D eigenvalue weighted by Gasteiger charge is 2.33. The molecular weight excluding hydrogens is 366 g/mol. The third-order valence-corrected chi connectivity index (χ3v) is 5.19. The lowest BCUT2D eigenvalue weighted by molar-refractivity contribution is -0.113. The summed E-state index contributed by atoms with van der Waals surface area (Å²) in [5.74, 6) is 1.13. The van der Waals surface area contributed by atoms with Gasteiger partial charge in [-0.15, -0.1) is 0 Å². The second-order valence-electron chi connectivity index (χ2n) is 5.66. The number of para-hydroxylation sites is 1. The van der Waals surface area contributed by atoms with Gasteiger partial charge < -0.3 is 9.47 Å². The molecule has 1 aliphatic heterocycles. The van der Waals surface area contributed by atoms with E-state index < -0.39 is 0 Å². The van der Waals surface area contributed by atoms with Gasteiger partial charge in [-0.05, 0) is 38.1 Å². The fourth-order valence-electron chi connectivity index (χ4n) is 2.63. The molecule has 2 aromatic carbocycles. The summed E-state index contributed by atoms with van der Waals surface area (Å²) in [4.78, 5) is 15.0. The average Bonchev–Trinajstić information content (AvgIpc) is 2.91. The standard InChI is InChI=1S/C20H19NO3S2/c1-4-24-18-14(6-5-7-16(18)23-3)12-17-19(22)21(20(25)26-17)15-10-8-13(2)9-11-15/h5-12H,4H2,1-3H3/b17-12-.